The number of benzene rings is 3. The van der Waals surface area contributed by atoms with Crippen LogP contribution in [0.3, 0.4) is 0 Å². The molecule has 0 aliphatic carbocycles. The number of hydrogen-bond donors (Lipinski definition) is 1. The van der Waals surface area contributed by atoms with E-state index in [0.717, 1.165) is 27.8 Å². The Labute approximate surface area is 152 Å². The zero-order valence-electron chi connectivity index (χ0n) is 14.3. The summed E-state index contributed by atoms with van der Waals surface area (Å²) >= 11 is 0. The van der Waals surface area contributed by atoms with Crippen LogP contribution in [0.5, 0.6) is 5.75 Å². The Balaban J connectivity index is 2.24. The lowest BCUT2D eigenvalue weighted by molar-refractivity contribution is 0.475. The van der Waals surface area contributed by atoms with Crippen LogP contribution in [0.1, 0.15) is 23.1 Å². The molecule has 26 heavy (non-hydrogen) atoms. The van der Waals surface area contributed by atoms with Gasteiger partial charge in [0, 0.05) is 11.5 Å². The first-order chi connectivity index (χ1) is 12.8. The van der Waals surface area contributed by atoms with Crippen molar-refractivity contribution in [2.24, 2.45) is 5.11 Å². The van der Waals surface area contributed by atoms with E-state index in [1.54, 1.807) is 12.1 Å². The van der Waals surface area contributed by atoms with Crippen LogP contribution in [-0.4, -0.2) is 11.7 Å². The molecule has 3 aromatic carbocycles. The topological polar surface area (TPSA) is 69.0 Å². The first-order valence-corrected chi connectivity index (χ1v) is 8.44. The highest BCUT2D eigenvalue weighted by Gasteiger charge is 2.13. The number of rotatable bonds is 6. The van der Waals surface area contributed by atoms with Gasteiger partial charge >= 0.3 is 0 Å². The van der Waals surface area contributed by atoms with Crippen molar-refractivity contribution in [2.45, 2.75) is 6.42 Å². The summed E-state index contributed by atoms with van der Waals surface area (Å²) in [6.45, 7) is 0.384. The molecule has 4 nitrogen and oxygen atoms in total. The highest BCUT2D eigenvalue weighted by Crippen LogP contribution is 2.34. The molecule has 1 N–H and O–H groups in total. The second kappa shape index (κ2) is 8.56. The summed E-state index contributed by atoms with van der Waals surface area (Å²) in [5, 5.41) is 13.4. The smallest absolute Gasteiger partial charge is 0.115 e. The monoisotopic (exact) mass is 341 g/mol. The molecule has 0 amide bonds. The molecule has 3 aromatic rings. The first kappa shape index (κ1) is 17.3. The predicted molar refractivity (Wildman–Crippen MR) is 106 cm³/mol. The number of aromatic hydroxyl groups is 1. The SMILES string of the molecule is [N-]=[N+]=NCC/C(=C(\c1ccccc1)c1ccc(O)cc1)c1ccccc1. The molecular weight excluding hydrogens is 322 g/mol. The fourth-order valence-corrected chi connectivity index (χ4v) is 3.01. The summed E-state index contributed by atoms with van der Waals surface area (Å²) in [7, 11) is 0. The minimum Gasteiger partial charge on any atom is -0.508 e. The van der Waals surface area contributed by atoms with E-state index >= 15 is 0 Å². The largest absolute Gasteiger partial charge is 0.508 e. The van der Waals surface area contributed by atoms with Crippen molar-refractivity contribution in [3.05, 3.63) is 112 Å². The van der Waals surface area contributed by atoms with Crippen LogP contribution in [0.2, 0.25) is 0 Å². The average molecular weight is 341 g/mol. The Bertz CT molecular complexity index is 926. The molecule has 0 fully saturated rings. The zero-order chi connectivity index (χ0) is 18.2. The molecule has 0 saturated carbocycles. The zero-order valence-corrected chi connectivity index (χ0v) is 14.3. The molecule has 0 unspecified atom stereocenters. The standard InChI is InChI=1S/C22H19N3O/c23-25-24-16-15-21(17-7-3-1-4-8-17)22(18-9-5-2-6-10-18)19-11-13-20(26)14-12-19/h1-14,26H,15-16H2/b22-21-. The van der Waals surface area contributed by atoms with Crippen molar-refractivity contribution < 1.29 is 5.11 Å². The van der Waals surface area contributed by atoms with Crippen molar-refractivity contribution in [2.75, 3.05) is 6.54 Å². The molecule has 4 heteroatoms. The lowest BCUT2D eigenvalue weighted by Gasteiger charge is -2.17. The number of nitrogens with zero attached hydrogens (tertiary/aromatic N) is 3. The van der Waals surface area contributed by atoms with Crippen LogP contribution in [0.15, 0.2) is 90.0 Å². The number of azide groups is 1. The number of phenols is 1. The Hall–Kier alpha value is -3.49. The Kier molecular flexibility index (Phi) is 5.71. The summed E-state index contributed by atoms with van der Waals surface area (Å²) in [6, 6.07) is 27.4. The molecule has 128 valence electrons. The van der Waals surface area contributed by atoms with Gasteiger partial charge in [-0.3, -0.25) is 0 Å². The summed E-state index contributed by atoms with van der Waals surface area (Å²) < 4.78 is 0. The van der Waals surface area contributed by atoms with Gasteiger partial charge in [-0.1, -0.05) is 77.9 Å². The number of phenolic OH excluding ortho intramolecular Hbond substituents is 1. The quantitative estimate of drug-likeness (QED) is 0.252. The van der Waals surface area contributed by atoms with Gasteiger partial charge in [-0.15, -0.1) is 0 Å². The maximum atomic E-state index is 9.67. The molecule has 0 atom stereocenters. The highest BCUT2D eigenvalue weighted by atomic mass is 16.3. The van der Waals surface area contributed by atoms with E-state index in [0.29, 0.717) is 13.0 Å². The van der Waals surface area contributed by atoms with Crippen LogP contribution in [-0.2, 0) is 0 Å². The fourth-order valence-electron chi connectivity index (χ4n) is 3.01. The highest BCUT2D eigenvalue weighted by molar-refractivity contribution is 5.98. The summed E-state index contributed by atoms with van der Waals surface area (Å²) in [5.41, 5.74) is 14.0. The van der Waals surface area contributed by atoms with Crippen LogP contribution >= 0.6 is 0 Å². The summed E-state index contributed by atoms with van der Waals surface area (Å²) in [4.78, 5) is 2.89. The number of hydrogen-bond acceptors (Lipinski definition) is 2. The Morgan fingerprint density at radius 3 is 1.88 bits per heavy atom. The molecule has 0 spiro atoms. The molecule has 0 aliphatic heterocycles. The second-order valence-electron chi connectivity index (χ2n) is 5.84. The third-order valence-electron chi connectivity index (χ3n) is 4.17. The van der Waals surface area contributed by atoms with E-state index in [2.05, 4.69) is 34.3 Å². The summed E-state index contributed by atoms with van der Waals surface area (Å²) in [6.07, 6.45) is 0.624. The second-order valence-corrected chi connectivity index (χ2v) is 5.84. The van der Waals surface area contributed by atoms with Crippen molar-refractivity contribution >= 4 is 11.1 Å². The van der Waals surface area contributed by atoms with Gasteiger partial charge in [-0.05, 0) is 51.9 Å². The van der Waals surface area contributed by atoms with Gasteiger partial charge in [0.15, 0.2) is 0 Å². The van der Waals surface area contributed by atoms with Crippen LogP contribution in [0.4, 0.5) is 0 Å². The van der Waals surface area contributed by atoms with Gasteiger partial charge in [-0.2, -0.15) is 0 Å². The Morgan fingerprint density at radius 1 is 0.769 bits per heavy atom. The van der Waals surface area contributed by atoms with Crippen LogP contribution in [0.25, 0.3) is 21.6 Å². The summed E-state index contributed by atoms with van der Waals surface area (Å²) in [5.74, 6) is 0.233. The van der Waals surface area contributed by atoms with Gasteiger partial charge in [-0.25, -0.2) is 0 Å². The molecule has 0 heterocycles. The fraction of sp³-hybridized carbons (Fsp3) is 0.0909. The van der Waals surface area contributed by atoms with E-state index < -0.39 is 0 Å². The van der Waals surface area contributed by atoms with Gasteiger partial charge in [0.25, 0.3) is 0 Å². The molecule has 0 aliphatic rings. The van der Waals surface area contributed by atoms with E-state index in [1.807, 2.05) is 48.5 Å². The van der Waals surface area contributed by atoms with Crippen LogP contribution < -0.4 is 0 Å². The third kappa shape index (κ3) is 4.12. The molecule has 3 rings (SSSR count). The minimum absolute atomic E-state index is 0.233. The van der Waals surface area contributed by atoms with Crippen molar-refractivity contribution in [3.63, 3.8) is 0 Å². The third-order valence-corrected chi connectivity index (χ3v) is 4.17. The first-order valence-electron chi connectivity index (χ1n) is 8.44. The molecule has 0 radical (unpaired) electrons. The van der Waals surface area contributed by atoms with Crippen molar-refractivity contribution in [1.29, 1.82) is 0 Å². The van der Waals surface area contributed by atoms with Crippen molar-refractivity contribution in [3.8, 4) is 5.75 Å². The lowest BCUT2D eigenvalue weighted by Crippen LogP contribution is -1.97. The predicted octanol–water partition coefficient (Wildman–Crippen LogP) is 6.05. The van der Waals surface area contributed by atoms with Gasteiger partial charge in [0.05, 0.1) is 0 Å². The molecular formula is C22H19N3O. The van der Waals surface area contributed by atoms with E-state index in [4.69, 9.17) is 5.53 Å². The van der Waals surface area contributed by atoms with Crippen molar-refractivity contribution in [1.82, 2.24) is 0 Å². The normalized spacial score (nSPS) is 11.4. The van der Waals surface area contributed by atoms with Gasteiger partial charge in [0.1, 0.15) is 5.75 Å². The minimum atomic E-state index is 0.233. The molecule has 0 bridgehead atoms. The lowest BCUT2D eigenvalue weighted by atomic mass is 9.88. The van der Waals surface area contributed by atoms with E-state index in [9.17, 15) is 5.11 Å². The van der Waals surface area contributed by atoms with E-state index in [-0.39, 0.29) is 5.75 Å². The molecule has 0 saturated heterocycles. The Morgan fingerprint density at radius 2 is 1.31 bits per heavy atom. The van der Waals surface area contributed by atoms with E-state index in [1.165, 1.54) is 0 Å². The van der Waals surface area contributed by atoms with Gasteiger partial charge < -0.3 is 5.11 Å². The van der Waals surface area contributed by atoms with Gasteiger partial charge in [0.2, 0.25) is 0 Å². The molecule has 0 aromatic heterocycles. The maximum Gasteiger partial charge on any atom is 0.115 e. The van der Waals surface area contributed by atoms with Crippen LogP contribution in [0, 0.1) is 0 Å². The average Bonchev–Trinajstić information content (AvgIpc) is 2.70. The maximum absolute atomic E-state index is 9.67.